The van der Waals surface area contributed by atoms with Crippen molar-refractivity contribution in [2.75, 3.05) is 6.61 Å². The number of halogens is 7. The number of benzene rings is 1. The van der Waals surface area contributed by atoms with E-state index in [1.807, 2.05) is 0 Å². The van der Waals surface area contributed by atoms with Gasteiger partial charge in [0.15, 0.2) is 16.5 Å². The lowest BCUT2D eigenvalue weighted by atomic mass is 9.99. The number of aryl methyl sites for hydroxylation is 1. The van der Waals surface area contributed by atoms with Crippen LogP contribution >= 0.6 is 23.8 Å². The molecule has 35 heavy (non-hydrogen) atoms. The monoisotopic (exact) mass is 538 g/mol. The average Bonchev–Trinajstić information content (AvgIpc) is 3.07. The van der Waals surface area contributed by atoms with Gasteiger partial charge in [-0.05, 0) is 36.8 Å². The minimum Gasteiger partial charge on any atom is -0.449 e. The van der Waals surface area contributed by atoms with E-state index in [0.717, 1.165) is 28.9 Å². The van der Waals surface area contributed by atoms with E-state index in [1.54, 1.807) is 13.0 Å². The van der Waals surface area contributed by atoms with E-state index < -0.39 is 52.1 Å². The summed E-state index contributed by atoms with van der Waals surface area (Å²) < 4.78 is 85.9. The van der Waals surface area contributed by atoms with E-state index in [1.165, 1.54) is 14.0 Å². The van der Waals surface area contributed by atoms with Gasteiger partial charge < -0.3 is 9.57 Å². The maximum atomic E-state index is 13.7. The van der Waals surface area contributed by atoms with Gasteiger partial charge >= 0.3 is 12.4 Å². The molecule has 188 valence electrons. The molecule has 0 atom stereocenters. The molecule has 0 amide bonds. The third kappa shape index (κ3) is 6.95. The van der Waals surface area contributed by atoms with Crippen LogP contribution in [0.25, 0.3) is 5.76 Å². The Labute approximate surface area is 206 Å². The first-order valence-electron chi connectivity index (χ1n) is 9.68. The van der Waals surface area contributed by atoms with Gasteiger partial charge in [0.2, 0.25) is 0 Å². The standard InChI is InChI=1S/C21H17ClF6N4O2S/c1-4-33-31-15(12-5-7-14(8-6-12)20(23,24)25)9-13(10-29)17(34-11(2)35)16-18(21(26,27)28)30-32(3)19(16)22/h5-8H,4,9H2,1-3H3. The molecule has 14 heteroatoms. The summed E-state index contributed by atoms with van der Waals surface area (Å²) in [5.41, 5.74) is -3.37. The highest BCUT2D eigenvalue weighted by Crippen LogP contribution is 2.40. The number of nitrogens with zero attached hydrogens (tertiary/aromatic N) is 4. The SMILES string of the molecule is CCON=C(CC(C#N)=C(OC(C)=S)c1c(C(F)(F)F)nn(C)c1Cl)c1ccc(C(F)(F)F)cc1. The first-order chi connectivity index (χ1) is 16.2. The fourth-order valence-electron chi connectivity index (χ4n) is 2.83. The highest BCUT2D eigenvalue weighted by molar-refractivity contribution is 7.80. The Hall–Kier alpha value is -3.11. The van der Waals surface area contributed by atoms with Crippen LogP contribution in [0.3, 0.4) is 0 Å². The lowest BCUT2D eigenvalue weighted by molar-refractivity contribution is -0.141. The average molecular weight is 539 g/mol. The Morgan fingerprint density at radius 1 is 1.17 bits per heavy atom. The summed E-state index contributed by atoms with van der Waals surface area (Å²) in [5.74, 6) is -0.610. The van der Waals surface area contributed by atoms with Gasteiger partial charge in [-0.1, -0.05) is 28.9 Å². The number of thiocarbonyl (C=S) groups is 1. The zero-order valence-corrected chi connectivity index (χ0v) is 20.0. The third-order valence-electron chi connectivity index (χ3n) is 4.32. The van der Waals surface area contributed by atoms with Gasteiger partial charge in [0.05, 0.1) is 28.5 Å². The number of nitriles is 1. The van der Waals surface area contributed by atoms with E-state index >= 15 is 0 Å². The van der Waals surface area contributed by atoms with Crippen molar-refractivity contribution < 1.29 is 35.9 Å². The molecule has 6 nitrogen and oxygen atoms in total. The summed E-state index contributed by atoms with van der Waals surface area (Å²) in [6.45, 7) is 2.93. The Morgan fingerprint density at radius 3 is 2.23 bits per heavy atom. The molecular formula is C21H17ClF6N4O2S. The van der Waals surface area contributed by atoms with E-state index in [0.29, 0.717) is 0 Å². The quantitative estimate of drug-likeness (QED) is 0.0999. The lowest BCUT2D eigenvalue weighted by Crippen LogP contribution is -2.13. The molecule has 0 N–H and O–H groups in total. The molecule has 2 rings (SSSR count). The topological polar surface area (TPSA) is 72.4 Å². The lowest BCUT2D eigenvalue weighted by Gasteiger charge is -2.15. The van der Waals surface area contributed by atoms with Gasteiger partial charge in [0.1, 0.15) is 11.8 Å². The van der Waals surface area contributed by atoms with Gasteiger partial charge in [-0.2, -0.15) is 36.7 Å². The minimum absolute atomic E-state index is 0.0474. The minimum atomic E-state index is -4.96. The molecule has 0 bridgehead atoms. The van der Waals surface area contributed by atoms with Crippen molar-refractivity contribution in [3.05, 3.63) is 57.4 Å². The molecule has 1 aromatic carbocycles. The van der Waals surface area contributed by atoms with Crippen molar-refractivity contribution in [1.29, 1.82) is 5.26 Å². The van der Waals surface area contributed by atoms with Crippen LogP contribution < -0.4 is 0 Å². The summed E-state index contributed by atoms with van der Waals surface area (Å²) in [7, 11) is 1.17. The highest BCUT2D eigenvalue weighted by atomic mass is 35.5. The second kappa shape index (κ2) is 11.1. The van der Waals surface area contributed by atoms with Crippen molar-refractivity contribution in [2.24, 2.45) is 12.2 Å². The van der Waals surface area contributed by atoms with Crippen molar-refractivity contribution in [3.63, 3.8) is 0 Å². The molecule has 0 radical (unpaired) electrons. The summed E-state index contributed by atoms with van der Waals surface area (Å²) in [5, 5.41) is 16.3. The number of alkyl halides is 6. The predicted octanol–water partition coefficient (Wildman–Crippen LogP) is 6.54. The van der Waals surface area contributed by atoms with Gasteiger partial charge in [-0.15, -0.1) is 0 Å². The Bertz CT molecular complexity index is 1190. The van der Waals surface area contributed by atoms with Crippen molar-refractivity contribution in [2.45, 2.75) is 32.6 Å². The second-order valence-corrected chi connectivity index (χ2v) is 7.79. The molecule has 0 spiro atoms. The number of hydrogen-bond acceptors (Lipinski definition) is 6. The first-order valence-corrected chi connectivity index (χ1v) is 10.5. The van der Waals surface area contributed by atoms with Crippen molar-refractivity contribution >= 4 is 40.3 Å². The molecule has 0 saturated carbocycles. The Morgan fingerprint density at radius 2 is 1.77 bits per heavy atom. The number of oxime groups is 1. The fourth-order valence-corrected chi connectivity index (χ4v) is 3.13. The summed E-state index contributed by atoms with van der Waals surface area (Å²) in [6, 6.07) is 5.53. The Kier molecular flexibility index (Phi) is 8.91. The molecule has 0 saturated heterocycles. The number of allylic oxidation sites excluding steroid dienone is 1. The molecule has 0 unspecified atom stereocenters. The van der Waals surface area contributed by atoms with E-state index in [2.05, 4.69) is 10.3 Å². The maximum absolute atomic E-state index is 13.7. The van der Waals surface area contributed by atoms with Crippen LogP contribution in [-0.4, -0.2) is 27.1 Å². The van der Waals surface area contributed by atoms with Gasteiger partial charge in [-0.3, -0.25) is 4.68 Å². The molecule has 0 aliphatic rings. The fraction of sp³-hybridized carbons (Fsp3) is 0.333. The van der Waals surface area contributed by atoms with Crippen molar-refractivity contribution in [1.82, 2.24) is 9.78 Å². The summed E-state index contributed by atoms with van der Waals surface area (Å²) in [6.07, 6.45) is -10.0. The van der Waals surface area contributed by atoms with Crippen LogP contribution in [0.2, 0.25) is 5.15 Å². The zero-order valence-electron chi connectivity index (χ0n) is 18.4. The van der Waals surface area contributed by atoms with Crippen molar-refractivity contribution in [3.8, 4) is 6.07 Å². The van der Waals surface area contributed by atoms with Crippen LogP contribution in [0.5, 0.6) is 0 Å². The van der Waals surface area contributed by atoms with E-state index in [4.69, 9.17) is 33.4 Å². The largest absolute Gasteiger partial charge is 0.449 e. The second-order valence-electron chi connectivity index (χ2n) is 6.86. The van der Waals surface area contributed by atoms with Gasteiger partial charge in [0, 0.05) is 20.4 Å². The number of hydrogen-bond donors (Lipinski definition) is 0. The molecule has 0 fully saturated rings. The maximum Gasteiger partial charge on any atom is 0.435 e. The summed E-state index contributed by atoms with van der Waals surface area (Å²) in [4.78, 5) is 5.01. The Balaban J connectivity index is 2.71. The van der Waals surface area contributed by atoms with Gasteiger partial charge in [0.25, 0.3) is 0 Å². The molecular weight excluding hydrogens is 522 g/mol. The first kappa shape index (κ1) is 28.1. The highest BCUT2D eigenvalue weighted by Gasteiger charge is 2.41. The van der Waals surface area contributed by atoms with E-state index in [9.17, 15) is 31.6 Å². The van der Waals surface area contributed by atoms with Crippen LogP contribution in [-0.2, 0) is 29.0 Å². The molecule has 1 aromatic heterocycles. The van der Waals surface area contributed by atoms with Crippen LogP contribution in [0.15, 0.2) is 35.0 Å². The zero-order chi connectivity index (χ0) is 26.6. The van der Waals surface area contributed by atoms with E-state index in [-0.39, 0.29) is 22.9 Å². The molecule has 0 aliphatic carbocycles. The molecule has 0 aliphatic heterocycles. The van der Waals surface area contributed by atoms with Crippen LogP contribution in [0.4, 0.5) is 26.3 Å². The van der Waals surface area contributed by atoms with Crippen LogP contribution in [0.1, 0.15) is 42.7 Å². The van der Waals surface area contributed by atoms with Gasteiger partial charge in [-0.25, -0.2) is 0 Å². The number of rotatable bonds is 7. The third-order valence-corrected chi connectivity index (χ3v) is 4.84. The molecule has 2 aromatic rings. The predicted molar refractivity (Wildman–Crippen MR) is 119 cm³/mol. The van der Waals surface area contributed by atoms with Crippen LogP contribution in [0, 0.1) is 11.3 Å². The normalized spacial score (nSPS) is 13.2. The number of aromatic nitrogens is 2. The smallest absolute Gasteiger partial charge is 0.435 e. The number of ether oxygens (including phenoxy) is 1. The molecule has 1 heterocycles. The summed E-state index contributed by atoms with van der Waals surface area (Å²) >= 11 is 10.9.